The van der Waals surface area contributed by atoms with Gasteiger partial charge in [-0.3, -0.25) is 0 Å². The molecule has 0 unspecified atom stereocenters. The molecule has 7 nitrogen and oxygen atoms in total. The van der Waals surface area contributed by atoms with Gasteiger partial charge in [0.25, 0.3) is 0 Å². The Labute approximate surface area is 121 Å². The molecule has 0 saturated carbocycles. The minimum Gasteiger partial charge on any atom is -0.309 e. The van der Waals surface area contributed by atoms with Crippen molar-refractivity contribution in [1.29, 1.82) is 0 Å². The second-order valence-electron chi connectivity index (χ2n) is 4.83. The van der Waals surface area contributed by atoms with Crippen molar-refractivity contribution < 1.29 is 0 Å². The van der Waals surface area contributed by atoms with Gasteiger partial charge in [-0.15, -0.1) is 5.10 Å². The Hall–Kier alpha value is -2.83. The quantitative estimate of drug-likeness (QED) is 0.677. The summed E-state index contributed by atoms with van der Waals surface area (Å²) in [5.74, 6) is 2.34. The maximum atomic E-state index is 4.54. The largest absolute Gasteiger partial charge is 0.309 e. The summed E-state index contributed by atoms with van der Waals surface area (Å²) in [5, 5.41) is 12.1. The molecule has 21 heavy (non-hydrogen) atoms. The van der Waals surface area contributed by atoms with Gasteiger partial charge in [0.05, 0.1) is 5.56 Å². The summed E-state index contributed by atoms with van der Waals surface area (Å²) in [6, 6.07) is 5.83. The molecule has 1 aliphatic heterocycles. The van der Waals surface area contributed by atoms with E-state index in [0.29, 0.717) is 5.82 Å². The summed E-state index contributed by atoms with van der Waals surface area (Å²) in [4.78, 5) is 11.1. The van der Waals surface area contributed by atoms with Crippen LogP contribution in [0, 0.1) is 6.92 Å². The highest BCUT2D eigenvalue weighted by atomic mass is 15.6. The van der Waals surface area contributed by atoms with Crippen LogP contribution in [0.15, 0.2) is 30.6 Å². The molecule has 3 aromatic rings. The van der Waals surface area contributed by atoms with E-state index in [9.17, 15) is 0 Å². The highest BCUT2D eigenvalue weighted by Crippen LogP contribution is 2.39. The Morgan fingerprint density at radius 3 is 2.81 bits per heavy atom. The van der Waals surface area contributed by atoms with E-state index in [1.807, 2.05) is 25.1 Å². The Morgan fingerprint density at radius 2 is 1.95 bits per heavy atom. The number of fused-ring (bicyclic) bond motifs is 5. The van der Waals surface area contributed by atoms with E-state index in [-0.39, 0.29) is 0 Å². The first-order chi connectivity index (χ1) is 10.3. The van der Waals surface area contributed by atoms with Gasteiger partial charge in [0.2, 0.25) is 0 Å². The molecule has 0 N–H and O–H groups in total. The average Bonchev–Trinajstić information content (AvgIpc) is 2.94. The molecule has 0 radical (unpaired) electrons. The third-order valence-electron chi connectivity index (χ3n) is 3.64. The third-order valence-corrected chi connectivity index (χ3v) is 3.64. The topological polar surface area (TPSA) is 72.6 Å². The monoisotopic (exact) mass is 279 g/mol. The van der Waals surface area contributed by atoms with E-state index < -0.39 is 0 Å². The van der Waals surface area contributed by atoms with Gasteiger partial charge in [0, 0.05) is 18.9 Å². The number of nitrogens with zero attached hydrogens (tertiary/aromatic N) is 7. The second kappa shape index (κ2) is 4.34. The van der Waals surface area contributed by atoms with Crippen LogP contribution in [0.4, 0.5) is 11.6 Å². The van der Waals surface area contributed by atoms with Crippen molar-refractivity contribution in [3.05, 3.63) is 36.2 Å². The second-order valence-corrected chi connectivity index (χ2v) is 4.83. The van der Waals surface area contributed by atoms with Crippen LogP contribution in [0.2, 0.25) is 0 Å². The molecule has 0 bridgehead atoms. The van der Waals surface area contributed by atoms with Gasteiger partial charge in [0.15, 0.2) is 11.6 Å². The van der Waals surface area contributed by atoms with Gasteiger partial charge in [-0.05, 0) is 48.0 Å². The lowest BCUT2D eigenvalue weighted by molar-refractivity contribution is 0.783. The minimum absolute atomic E-state index is 0.686. The zero-order chi connectivity index (χ0) is 14.4. The fourth-order valence-electron chi connectivity index (χ4n) is 2.69. The van der Waals surface area contributed by atoms with E-state index >= 15 is 0 Å². The van der Waals surface area contributed by atoms with Crippen LogP contribution in [0.25, 0.3) is 17.1 Å². The third kappa shape index (κ3) is 1.57. The van der Waals surface area contributed by atoms with Gasteiger partial charge in [0.1, 0.15) is 11.5 Å². The van der Waals surface area contributed by atoms with Crippen LogP contribution in [-0.4, -0.2) is 36.7 Å². The van der Waals surface area contributed by atoms with Crippen molar-refractivity contribution in [2.75, 3.05) is 11.4 Å². The zero-order valence-electron chi connectivity index (χ0n) is 11.7. The highest BCUT2D eigenvalue weighted by Gasteiger charge is 2.28. The number of tetrazole rings is 1. The van der Waals surface area contributed by atoms with Crippen molar-refractivity contribution in [3.63, 3.8) is 0 Å². The molecule has 0 aromatic carbocycles. The molecular formula is C14H13N7. The number of rotatable bonds is 1. The maximum Gasteiger partial charge on any atom is 0.191 e. The Morgan fingerprint density at radius 1 is 1.10 bits per heavy atom. The van der Waals surface area contributed by atoms with E-state index in [2.05, 4.69) is 37.3 Å². The van der Waals surface area contributed by atoms with Crippen molar-refractivity contribution in [2.24, 2.45) is 0 Å². The summed E-state index contributed by atoms with van der Waals surface area (Å²) in [6.45, 7) is 4.86. The van der Waals surface area contributed by atoms with Crippen LogP contribution in [0.3, 0.4) is 0 Å². The molecular weight excluding hydrogens is 266 g/mol. The minimum atomic E-state index is 0.686. The Balaban J connectivity index is 2.16. The fourth-order valence-corrected chi connectivity index (χ4v) is 2.69. The van der Waals surface area contributed by atoms with Crippen molar-refractivity contribution in [2.45, 2.75) is 13.8 Å². The number of aromatic nitrogens is 6. The molecule has 0 fully saturated rings. The first-order valence-corrected chi connectivity index (χ1v) is 6.78. The van der Waals surface area contributed by atoms with E-state index in [4.69, 9.17) is 0 Å². The van der Waals surface area contributed by atoms with E-state index in [0.717, 1.165) is 35.0 Å². The molecule has 0 aliphatic carbocycles. The first-order valence-electron chi connectivity index (χ1n) is 6.78. The fraction of sp³-hybridized carbons (Fsp3) is 0.214. The van der Waals surface area contributed by atoms with E-state index in [1.165, 1.54) is 0 Å². The van der Waals surface area contributed by atoms with Gasteiger partial charge in [-0.2, -0.15) is 4.68 Å². The molecule has 0 amide bonds. The van der Waals surface area contributed by atoms with Gasteiger partial charge in [-0.25, -0.2) is 9.97 Å². The summed E-state index contributed by atoms with van der Waals surface area (Å²) >= 11 is 0. The molecule has 1 aliphatic rings. The first kappa shape index (κ1) is 12.0. The number of hydrogen-bond acceptors (Lipinski definition) is 6. The summed E-state index contributed by atoms with van der Waals surface area (Å²) in [5.41, 5.74) is 2.87. The van der Waals surface area contributed by atoms with Crippen molar-refractivity contribution in [1.82, 2.24) is 30.2 Å². The van der Waals surface area contributed by atoms with Crippen LogP contribution in [0.5, 0.6) is 0 Å². The average molecular weight is 279 g/mol. The molecule has 0 saturated heterocycles. The standard InChI is InChI=1S/C14H13N7/c1-3-20-12-10(5-4-7-15-12)13-17-18-19-21(13)11-9(2)6-8-16-14(11)20/h4-8H,3H2,1-2H3. The van der Waals surface area contributed by atoms with Crippen LogP contribution in [-0.2, 0) is 0 Å². The highest BCUT2D eigenvalue weighted by molar-refractivity contribution is 5.82. The molecule has 0 spiro atoms. The molecule has 7 heteroatoms. The number of aryl methyl sites for hydroxylation is 1. The normalized spacial score (nSPS) is 12.4. The lowest BCUT2D eigenvalue weighted by atomic mass is 10.2. The van der Waals surface area contributed by atoms with Gasteiger partial charge >= 0.3 is 0 Å². The maximum absolute atomic E-state index is 4.54. The Kier molecular flexibility index (Phi) is 2.47. The molecule has 104 valence electrons. The summed E-state index contributed by atoms with van der Waals surface area (Å²) < 4.78 is 1.74. The van der Waals surface area contributed by atoms with Crippen LogP contribution < -0.4 is 4.90 Å². The molecule has 4 rings (SSSR count). The number of anilines is 2. The van der Waals surface area contributed by atoms with Crippen molar-refractivity contribution >= 4 is 11.6 Å². The van der Waals surface area contributed by atoms with Gasteiger partial charge in [-0.1, -0.05) is 0 Å². The smallest absolute Gasteiger partial charge is 0.191 e. The predicted octanol–water partition coefficient (Wildman–Crippen LogP) is 1.90. The molecule has 0 atom stereocenters. The summed E-state index contributed by atoms with van der Waals surface area (Å²) in [6.07, 6.45) is 3.57. The van der Waals surface area contributed by atoms with Crippen LogP contribution >= 0.6 is 0 Å². The Bertz CT molecular complexity index is 824. The van der Waals surface area contributed by atoms with Gasteiger partial charge < -0.3 is 4.90 Å². The summed E-state index contributed by atoms with van der Waals surface area (Å²) in [7, 11) is 0. The number of hydrogen-bond donors (Lipinski definition) is 0. The number of pyridine rings is 2. The molecule has 3 aromatic heterocycles. The lowest BCUT2D eigenvalue weighted by Gasteiger charge is -2.22. The lowest BCUT2D eigenvalue weighted by Crippen LogP contribution is -2.20. The predicted molar refractivity (Wildman–Crippen MR) is 77.6 cm³/mol. The molecule has 4 heterocycles. The van der Waals surface area contributed by atoms with Crippen LogP contribution in [0.1, 0.15) is 12.5 Å². The zero-order valence-corrected chi connectivity index (χ0v) is 11.7. The van der Waals surface area contributed by atoms with E-state index in [1.54, 1.807) is 17.1 Å². The van der Waals surface area contributed by atoms with Crippen molar-refractivity contribution in [3.8, 4) is 17.1 Å². The SMILES string of the molecule is CCN1c2ncccc2-c2nnnn2-c2c(C)ccnc21.